The Morgan fingerprint density at radius 3 is 2.21 bits per heavy atom. The number of hydrogen-bond donors (Lipinski definition) is 1. The minimum Gasteiger partial charge on any atom is -0.464 e. The van der Waals surface area contributed by atoms with E-state index in [0.29, 0.717) is 5.69 Å². The van der Waals surface area contributed by atoms with E-state index in [1.165, 1.54) is 11.8 Å². The van der Waals surface area contributed by atoms with Crippen LogP contribution < -0.4 is 5.84 Å². The molecule has 0 atom stereocenters. The summed E-state index contributed by atoms with van der Waals surface area (Å²) in [6.45, 7) is 13.9. The van der Waals surface area contributed by atoms with Crippen molar-refractivity contribution in [3.63, 3.8) is 0 Å². The minimum absolute atomic E-state index is 0. The molecule has 24 heavy (non-hydrogen) atoms. The van der Waals surface area contributed by atoms with Gasteiger partial charge in [-0.2, -0.15) is 5.10 Å². The Bertz CT molecular complexity index is 613. The van der Waals surface area contributed by atoms with Crippen LogP contribution in [-0.2, 0) is 4.74 Å². The maximum absolute atomic E-state index is 11.7. The lowest BCUT2D eigenvalue weighted by Crippen LogP contribution is -2.17. The van der Waals surface area contributed by atoms with E-state index in [2.05, 4.69) is 18.9 Å². The number of methoxy groups -OCH3 is 1. The van der Waals surface area contributed by atoms with Crippen LogP contribution in [0.25, 0.3) is 11.3 Å². The molecule has 6 nitrogen and oxygen atoms in total. The molecule has 0 amide bonds. The predicted molar refractivity (Wildman–Crippen MR) is 102 cm³/mol. The van der Waals surface area contributed by atoms with Gasteiger partial charge >= 0.3 is 5.97 Å². The van der Waals surface area contributed by atoms with Crippen LogP contribution in [0.3, 0.4) is 0 Å². The normalized spacial score (nSPS) is 9.21. The topological polar surface area (TPSA) is 75.1 Å². The van der Waals surface area contributed by atoms with E-state index in [4.69, 9.17) is 10.6 Å². The lowest BCUT2D eigenvalue weighted by Gasteiger charge is -2.03. The van der Waals surface area contributed by atoms with Gasteiger partial charge in [0.15, 0.2) is 5.69 Å². The van der Waals surface area contributed by atoms with Crippen molar-refractivity contribution < 1.29 is 9.53 Å². The summed E-state index contributed by atoms with van der Waals surface area (Å²) in [5.74, 6) is 5.35. The molecule has 0 spiro atoms. The van der Waals surface area contributed by atoms with Crippen LogP contribution in [0.4, 0.5) is 0 Å². The Kier molecular flexibility index (Phi) is 11.3. The summed E-state index contributed by atoms with van der Waals surface area (Å²) in [5, 5.41) is 4.48. The Labute approximate surface area is 146 Å². The molecule has 0 saturated heterocycles. The highest BCUT2D eigenvalue weighted by Gasteiger charge is 2.20. The highest BCUT2D eigenvalue weighted by atomic mass is 16.5. The number of nitrogens with zero attached hydrogens (tertiary/aromatic N) is 3. The maximum atomic E-state index is 11.7. The fourth-order valence-corrected chi connectivity index (χ4v) is 2.00. The number of nitrogen functional groups attached to an aromatic ring is 1. The number of ether oxygens (including phenoxy) is 1. The summed E-state index contributed by atoms with van der Waals surface area (Å²) in [6.07, 6.45) is 3.60. The summed E-state index contributed by atoms with van der Waals surface area (Å²) in [5.41, 5.74) is 2.74. The van der Waals surface area contributed by atoms with Crippen LogP contribution in [0, 0.1) is 6.92 Å². The average molecular weight is 338 g/mol. The molecule has 138 valence electrons. The van der Waals surface area contributed by atoms with Gasteiger partial charge in [0, 0.05) is 24.0 Å². The van der Waals surface area contributed by atoms with E-state index in [-0.39, 0.29) is 13.5 Å². The van der Waals surface area contributed by atoms with Crippen molar-refractivity contribution in [1.82, 2.24) is 14.5 Å². The summed E-state index contributed by atoms with van der Waals surface area (Å²) >= 11 is 0. The first-order valence-electron chi connectivity index (χ1n) is 8.06. The van der Waals surface area contributed by atoms with Crippen molar-refractivity contribution in [3.05, 3.63) is 29.7 Å². The standard InChI is InChI=1S/C13H18N4O2.2C2H6.CH4/c1-8(2)17-6-5-11(15-17)10-7-16(14)12(9(10)3)13(18)19-4;2*1-2;/h5-8H,14H2,1-4H3;2*1-2H3;1H4. The Morgan fingerprint density at radius 2 is 1.79 bits per heavy atom. The zero-order valence-corrected chi connectivity index (χ0v) is 15.5. The molecular weight excluding hydrogens is 304 g/mol. The highest BCUT2D eigenvalue weighted by Crippen LogP contribution is 2.26. The lowest BCUT2D eigenvalue weighted by molar-refractivity contribution is 0.0590. The molecular formula is C18H34N4O2. The molecule has 2 aromatic rings. The number of aromatic nitrogens is 3. The van der Waals surface area contributed by atoms with Crippen LogP contribution in [0.5, 0.6) is 0 Å². The van der Waals surface area contributed by atoms with E-state index in [0.717, 1.165) is 16.8 Å². The number of nitrogens with two attached hydrogens (primary N) is 1. The molecule has 0 aliphatic rings. The second-order valence-corrected chi connectivity index (χ2v) is 4.69. The van der Waals surface area contributed by atoms with E-state index < -0.39 is 5.97 Å². The quantitative estimate of drug-likeness (QED) is 0.663. The zero-order valence-electron chi connectivity index (χ0n) is 15.5. The van der Waals surface area contributed by atoms with Crippen LogP contribution in [0.2, 0.25) is 0 Å². The number of esters is 1. The SMILES string of the molecule is C.CC.CC.COC(=O)c1c(C)c(-c2ccn(C(C)C)n2)cn1N. The zero-order chi connectivity index (χ0) is 18.2. The van der Waals surface area contributed by atoms with Gasteiger partial charge in [-0.25, -0.2) is 4.79 Å². The van der Waals surface area contributed by atoms with E-state index in [1.807, 2.05) is 51.6 Å². The Morgan fingerprint density at radius 1 is 1.25 bits per heavy atom. The third-order valence-electron chi connectivity index (χ3n) is 3.08. The van der Waals surface area contributed by atoms with Gasteiger partial charge in [-0.15, -0.1) is 0 Å². The van der Waals surface area contributed by atoms with Crippen LogP contribution in [0.1, 0.15) is 71.1 Å². The van der Waals surface area contributed by atoms with Crippen molar-refractivity contribution >= 4 is 5.97 Å². The molecule has 6 heteroatoms. The second-order valence-electron chi connectivity index (χ2n) is 4.69. The van der Waals surface area contributed by atoms with Crippen LogP contribution in [0.15, 0.2) is 18.5 Å². The summed E-state index contributed by atoms with van der Waals surface area (Å²) in [7, 11) is 1.34. The molecule has 0 unspecified atom stereocenters. The first-order chi connectivity index (χ1) is 11.0. The van der Waals surface area contributed by atoms with E-state index in [9.17, 15) is 4.79 Å². The van der Waals surface area contributed by atoms with E-state index >= 15 is 0 Å². The molecule has 0 radical (unpaired) electrons. The fraction of sp³-hybridized carbons (Fsp3) is 0.556. The van der Waals surface area contributed by atoms with Crippen molar-refractivity contribution in [2.45, 2.75) is 61.9 Å². The van der Waals surface area contributed by atoms with Gasteiger partial charge in [0.05, 0.1) is 12.8 Å². The molecule has 0 aliphatic heterocycles. The molecule has 0 aromatic carbocycles. The summed E-state index contributed by atoms with van der Waals surface area (Å²) in [6, 6.07) is 2.19. The Hall–Kier alpha value is -2.24. The minimum atomic E-state index is -0.449. The smallest absolute Gasteiger partial charge is 0.356 e. The van der Waals surface area contributed by atoms with Crippen LogP contribution >= 0.6 is 0 Å². The first-order valence-corrected chi connectivity index (χ1v) is 8.06. The lowest BCUT2D eigenvalue weighted by atomic mass is 10.1. The van der Waals surface area contributed by atoms with Gasteiger partial charge < -0.3 is 10.6 Å². The number of carbonyl (C=O) groups excluding carboxylic acids is 1. The predicted octanol–water partition coefficient (Wildman–Crippen LogP) is 4.43. The van der Waals surface area contributed by atoms with Crippen LogP contribution in [-0.4, -0.2) is 27.5 Å². The molecule has 0 fully saturated rings. The van der Waals surface area contributed by atoms with Gasteiger partial charge in [0.1, 0.15) is 0 Å². The van der Waals surface area contributed by atoms with Crippen molar-refractivity contribution in [2.24, 2.45) is 0 Å². The van der Waals surface area contributed by atoms with Gasteiger partial charge in [0.2, 0.25) is 0 Å². The molecule has 2 aromatic heterocycles. The second kappa shape index (κ2) is 11.3. The van der Waals surface area contributed by atoms with Crippen molar-refractivity contribution in [3.8, 4) is 11.3 Å². The third kappa shape index (κ3) is 5.15. The fourth-order valence-electron chi connectivity index (χ4n) is 2.00. The molecule has 2 rings (SSSR count). The van der Waals surface area contributed by atoms with E-state index in [1.54, 1.807) is 6.20 Å². The summed E-state index contributed by atoms with van der Waals surface area (Å²) < 4.78 is 7.87. The Balaban J connectivity index is 0. The van der Waals surface area contributed by atoms with Crippen molar-refractivity contribution in [2.75, 3.05) is 13.0 Å². The first kappa shape index (κ1) is 24.0. The molecule has 0 saturated carbocycles. The van der Waals surface area contributed by atoms with Gasteiger partial charge in [-0.1, -0.05) is 35.1 Å². The highest BCUT2D eigenvalue weighted by molar-refractivity contribution is 5.92. The third-order valence-corrected chi connectivity index (χ3v) is 3.08. The van der Waals surface area contributed by atoms with Gasteiger partial charge in [0.25, 0.3) is 0 Å². The summed E-state index contributed by atoms with van der Waals surface area (Å²) in [4.78, 5) is 11.7. The van der Waals surface area contributed by atoms with Crippen molar-refractivity contribution in [1.29, 1.82) is 0 Å². The van der Waals surface area contributed by atoms with Gasteiger partial charge in [-0.05, 0) is 32.4 Å². The largest absolute Gasteiger partial charge is 0.464 e. The number of carbonyl (C=O) groups is 1. The molecule has 0 aliphatic carbocycles. The average Bonchev–Trinajstić information content (AvgIpc) is 3.16. The number of rotatable bonds is 3. The monoisotopic (exact) mass is 338 g/mol. The number of hydrogen-bond acceptors (Lipinski definition) is 4. The molecule has 2 heterocycles. The maximum Gasteiger partial charge on any atom is 0.356 e. The van der Waals surface area contributed by atoms with Gasteiger partial charge in [-0.3, -0.25) is 9.36 Å². The molecule has 2 N–H and O–H groups in total. The molecule has 0 bridgehead atoms.